The standard InChI is InChI=1S/C22H20F2N2O2/c1-27-19-9-7-18(8-10-19)26-15-25(28-14-16-5-3-2-4-6-16)13-17-11-20(23)21(24)12-22(17)26/h2-12H,13-15H2,1H3. The molecule has 0 bridgehead atoms. The van der Waals surface area contributed by atoms with Crippen molar-refractivity contribution in [2.45, 2.75) is 13.2 Å². The van der Waals surface area contributed by atoms with Crippen LogP contribution in [0, 0.1) is 11.6 Å². The fourth-order valence-electron chi connectivity index (χ4n) is 3.24. The van der Waals surface area contributed by atoms with Crippen molar-refractivity contribution in [3.63, 3.8) is 0 Å². The zero-order valence-electron chi connectivity index (χ0n) is 15.4. The number of hydroxylamine groups is 2. The van der Waals surface area contributed by atoms with Crippen molar-refractivity contribution in [2.24, 2.45) is 0 Å². The molecule has 1 aliphatic rings. The van der Waals surface area contributed by atoms with Crippen LogP contribution in [0.3, 0.4) is 0 Å². The zero-order valence-corrected chi connectivity index (χ0v) is 15.4. The molecular formula is C22H20F2N2O2. The number of methoxy groups -OCH3 is 1. The molecule has 144 valence electrons. The smallest absolute Gasteiger partial charge is 0.160 e. The van der Waals surface area contributed by atoms with Gasteiger partial charge in [-0.3, -0.25) is 4.84 Å². The summed E-state index contributed by atoms with van der Waals surface area (Å²) < 4.78 is 33.0. The largest absolute Gasteiger partial charge is 0.497 e. The summed E-state index contributed by atoms with van der Waals surface area (Å²) in [4.78, 5) is 7.84. The van der Waals surface area contributed by atoms with E-state index in [1.165, 1.54) is 12.1 Å². The van der Waals surface area contributed by atoms with Crippen LogP contribution in [0.15, 0.2) is 66.7 Å². The number of nitrogens with zero attached hydrogens (tertiary/aromatic N) is 2. The monoisotopic (exact) mass is 382 g/mol. The molecule has 0 aliphatic carbocycles. The minimum absolute atomic E-state index is 0.367. The summed E-state index contributed by atoms with van der Waals surface area (Å²) in [6.45, 7) is 1.15. The molecule has 0 spiro atoms. The van der Waals surface area contributed by atoms with Gasteiger partial charge in [-0.1, -0.05) is 30.3 Å². The van der Waals surface area contributed by atoms with Gasteiger partial charge in [0.15, 0.2) is 11.6 Å². The van der Waals surface area contributed by atoms with Gasteiger partial charge in [0.05, 0.1) is 32.6 Å². The van der Waals surface area contributed by atoms with Gasteiger partial charge in [-0.05, 0) is 41.5 Å². The van der Waals surface area contributed by atoms with Crippen LogP contribution in [0.4, 0.5) is 20.2 Å². The summed E-state index contributed by atoms with van der Waals surface area (Å²) in [6, 6.07) is 19.7. The Morgan fingerprint density at radius 1 is 0.929 bits per heavy atom. The fraction of sp³-hybridized carbons (Fsp3) is 0.182. The van der Waals surface area contributed by atoms with Crippen molar-refractivity contribution in [2.75, 3.05) is 18.7 Å². The van der Waals surface area contributed by atoms with Gasteiger partial charge in [0.1, 0.15) is 5.75 Å². The first-order chi connectivity index (χ1) is 13.6. The van der Waals surface area contributed by atoms with Crippen LogP contribution in [0.5, 0.6) is 5.75 Å². The van der Waals surface area contributed by atoms with Crippen LogP contribution in [0.1, 0.15) is 11.1 Å². The number of benzene rings is 3. The first kappa shape index (κ1) is 18.4. The number of halogens is 2. The second kappa shape index (κ2) is 7.96. The van der Waals surface area contributed by atoms with E-state index < -0.39 is 11.6 Å². The maximum atomic E-state index is 13.9. The Balaban J connectivity index is 1.62. The second-order valence-corrected chi connectivity index (χ2v) is 6.56. The molecule has 28 heavy (non-hydrogen) atoms. The van der Waals surface area contributed by atoms with E-state index in [1.54, 1.807) is 12.2 Å². The van der Waals surface area contributed by atoms with Gasteiger partial charge in [0.2, 0.25) is 0 Å². The average Bonchev–Trinajstić information content (AvgIpc) is 2.73. The Hall–Kier alpha value is -2.96. The molecule has 1 aliphatic heterocycles. The molecule has 0 radical (unpaired) electrons. The SMILES string of the molecule is COc1ccc(N2CN(OCc3ccccc3)Cc3cc(F)c(F)cc32)cc1. The van der Waals surface area contributed by atoms with Gasteiger partial charge < -0.3 is 9.64 Å². The van der Waals surface area contributed by atoms with E-state index in [0.717, 1.165) is 17.0 Å². The van der Waals surface area contributed by atoms with Crippen molar-refractivity contribution in [3.8, 4) is 5.75 Å². The highest BCUT2D eigenvalue weighted by atomic mass is 19.2. The molecule has 0 aromatic heterocycles. The molecule has 0 N–H and O–H groups in total. The highest BCUT2D eigenvalue weighted by Gasteiger charge is 2.26. The lowest BCUT2D eigenvalue weighted by molar-refractivity contribution is -0.178. The van der Waals surface area contributed by atoms with Crippen molar-refractivity contribution in [1.82, 2.24) is 5.06 Å². The topological polar surface area (TPSA) is 24.9 Å². The van der Waals surface area contributed by atoms with Crippen molar-refractivity contribution >= 4 is 11.4 Å². The van der Waals surface area contributed by atoms with E-state index in [-0.39, 0.29) is 0 Å². The van der Waals surface area contributed by atoms with Crippen molar-refractivity contribution in [3.05, 3.63) is 89.5 Å². The van der Waals surface area contributed by atoms with E-state index in [9.17, 15) is 8.78 Å². The van der Waals surface area contributed by atoms with Gasteiger partial charge in [-0.2, -0.15) is 5.06 Å². The maximum absolute atomic E-state index is 13.9. The third-order valence-electron chi connectivity index (χ3n) is 4.70. The number of hydrogen-bond acceptors (Lipinski definition) is 4. The molecule has 3 aromatic rings. The zero-order chi connectivity index (χ0) is 19.5. The third-order valence-corrected chi connectivity index (χ3v) is 4.70. The van der Waals surface area contributed by atoms with Crippen molar-refractivity contribution < 1.29 is 18.4 Å². The fourth-order valence-corrected chi connectivity index (χ4v) is 3.24. The van der Waals surface area contributed by atoms with E-state index >= 15 is 0 Å². The predicted octanol–water partition coefficient (Wildman–Crippen LogP) is 5.02. The summed E-state index contributed by atoms with van der Waals surface area (Å²) in [7, 11) is 1.60. The van der Waals surface area contributed by atoms with Gasteiger partial charge in [-0.15, -0.1) is 0 Å². The van der Waals surface area contributed by atoms with Gasteiger partial charge in [0.25, 0.3) is 0 Å². The third kappa shape index (κ3) is 3.83. The van der Waals surface area contributed by atoms with Crippen LogP contribution in [0.25, 0.3) is 0 Å². The molecule has 3 aromatic carbocycles. The Kier molecular flexibility index (Phi) is 5.23. The molecule has 0 amide bonds. The minimum Gasteiger partial charge on any atom is -0.497 e. The molecule has 0 saturated heterocycles. The Bertz CT molecular complexity index is 949. The Morgan fingerprint density at radius 2 is 1.64 bits per heavy atom. The van der Waals surface area contributed by atoms with Crippen LogP contribution in [-0.4, -0.2) is 18.8 Å². The van der Waals surface area contributed by atoms with Crippen LogP contribution >= 0.6 is 0 Å². The summed E-state index contributed by atoms with van der Waals surface area (Å²) in [5, 5.41) is 1.75. The summed E-state index contributed by atoms with van der Waals surface area (Å²) in [5.41, 5.74) is 3.16. The Morgan fingerprint density at radius 3 is 2.36 bits per heavy atom. The Labute approximate surface area is 162 Å². The van der Waals surface area contributed by atoms with Crippen molar-refractivity contribution in [1.29, 1.82) is 0 Å². The highest BCUT2D eigenvalue weighted by Crippen LogP contribution is 2.36. The summed E-state index contributed by atoms with van der Waals surface area (Å²) in [5.74, 6) is -1.00. The first-order valence-corrected chi connectivity index (χ1v) is 8.95. The molecule has 0 unspecified atom stereocenters. The lowest BCUT2D eigenvalue weighted by Gasteiger charge is -2.37. The molecule has 6 heteroatoms. The summed E-state index contributed by atoms with van der Waals surface area (Å²) in [6.07, 6.45) is 0. The van der Waals surface area contributed by atoms with Crippen LogP contribution < -0.4 is 9.64 Å². The quantitative estimate of drug-likeness (QED) is 0.619. The lowest BCUT2D eigenvalue weighted by atomic mass is 10.1. The molecule has 4 nitrogen and oxygen atoms in total. The van der Waals surface area contributed by atoms with E-state index in [4.69, 9.17) is 9.57 Å². The average molecular weight is 382 g/mol. The molecule has 0 saturated carbocycles. The summed E-state index contributed by atoms with van der Waals surface area (Å²) >= 11 is 0. The van der Waals surface area contributed by atoms with Crippen LogP contribution in [-0.2, 0) is 18.0 Å². The van der Waals surface area contributed by atoms with Crippen LogP contribution in [0.2, 0.25) is 0 Å². The number of fused-ring (bicyclic) bond motifs is 1. The molecule has 1 heterocycles. The van der Waals surface area contributed by atoms with Gasteiger partial charge in [-0.25, -0.2) is 8.78 Å². The molecule has 0 atom stereocenters. The highest BCUT2D eigenvalue weighted by molar-refractivity contribution is 5.68. The van der Waals surface area contributed by atoms with E-state index in [2.05, 4.69) is 0 Å². The van der Waals surface area contributed by atoms with E-state index in [0.29, 0.717) is 31.1 Å². The predicted molar refractivity (Wildman–Crippen MR) is 103 cm³/mol. The molecule has 0 fully saturated rings. The first-order valence-electron chi connectivity index (χ1n) is 8.95. The maximum Gasteiger partial charge on any atom is 0.160 e. The normalized spacial score (nSPS) is 14.0. The molecular weight excluding hydrogens is 362 g/mol. The van der Waals surface area contributed by atoms with Gasteiger partial charge in [0, 0.05) is 11.8 Å². The van der Waals surface area contributed by atoms with Gasteiger partial charge >= 0.3 is 0 Å². The minimum atomic E-state index is -0.865. The number of hydrogen-bond donors (Lipinski definition) is 0. The number of anilines is 2. The van der Waals surface area contributed by atoms with E-state index in [1.807, 2.05) is 59.5 Å². The number of rotatable bonds is 5. The second-order valence-electron chi connectivity index (χ2n) is 6.56. The lowest BCUT2D eigenvalue weighted by Crippen LogP contribution is -2.39. The molecule has 4 rings (SSSR count). The number of ether oxygens (including phenoxy) is 1.